The predicted octanol–water partition coefficient (Wildman–Crippen LogP) is 3.89. The monoisotopic (exact) mass is 422 g/mol. The van der Waals surface area contributed by atoms with Crippen LogP contribution >= 0.6 is 23.2 Å². The lowest BCUT2D eigenvalue weighted by Gasteiger charge is -2.39. The molecule has 0 bridgehead atoms. The third-order valence-corrected chi connectivity index (χ3v) is 5.50. The number of nitrogens with zero attached hydrogens (tertiary/aromatic N) is 2. The molecule has 1 heterocycles. The Hall–Kier alpha value is -2.44. The molecule has 0 spiro atoms. The quantitative estimate of drug-likeness (QED) is 0.749. The molecule has 0 aromatic heterocycles. The van der Waals surface area contributed by atoms with Gasteiger partial charge in [0.25, 0.3) is 5.91 Å². The van der Waals surface area contributed by atoms with Gasteiger partial charge in [0, 0.05) is 24.7 Å². The third-order valence-electron chi connectivity index (χ3n) is 4.76. The topological polar surface area (TPSA) is 59.1 Å². The number of rotatable bonds is 4. The molecule has 1 atom stereocenters. The Morgan fingerprint density at radius 2 is 1.79 bits per heavy atom. The van der Waals surface area contributed by atoms with Gasteiger partial charge in [-0.2, -0.15) is 0 Å². The van der Waals surface area contributed by atoms with Crippen LogP contribution in [-0.4, -0.2) is 50.1 Å². The number of amides is 2. The second-order valence-corrected chi connectivity index (χ2v) is 7.15. The van der Waals surface area contributed by atoms with Crippen LogP contribution in [0.25, 0.3) is 0 Å². The van der Waals surface area contributed by atoms with Crippen LogP contribution in [0, 0.1) is 0 Å². The highest BCUT2D eigenvalue weighted by atomic mass is 35.5. The maximum absolute atomic E-state index is 13.0. The number of carbonyl (C=O) groups is 2. The van der Waals surface area contributed by atoms with Crippen molar-refractivity contribution >= 4 is 40.7 Å². The van der Waals surface area contributed by atoms with Gasteiger partial charge in [0.15, 0.2) is 0 Å². The number of hydrogen-bond donors (Lipinski definition) is 0. The Balaban J connectivity index is 1.86. The molecule has 3 rings (SSSR count). The molecule has 0 aliphatic carbocycles. The Kier molecular flexibility index (Phi) is 6.01. The van der Waals surface area contributed by atoms with Gasteiger partial charge in [-0.15, -0.1) is 0 Å². The molecule has 1 aliphatic rings. The zero-order chi connectivity index (χ0) is 20.4. The van der Waals surface area contributed by atoms with E-state index in [1.54, 1.807) is 56.4 Å². The first-order chi connectivity index (χ1) is 13.4. The van der Waals surface area contributed by atoms with Crippen LogP contribution in [-0.2, 0) is 4.79 Å². The summed E-state index contributed by atoms with van der Waals surface area (Å²) in [4.78, 5) is 29.1. The molecule has 2 aromatic rings. The molecular weight excluding hydrogens is 403 g/mol. The summed E-state index contributed by atoms with van der Waals surface area (Å²) in [6.45, 7) is 2.41. The van der Waals surface area contributed by atoms with E-state index in [1.165, 1.54) is 11.0 Å². The number of ether oxygens (including phenoxy) is 2. The third kappa shape index (κ3) is 3.75. The van der Waals surface area contributed by atoms with Crippen LogP contribution in [0.5, 0.6) is 11.5 Å². The van der Waals surface area contributed by atoms with E-state index in [4.69, 9.17) is 32.7 Å². The molecule has 6 nitrogen and oxygen atoms in total. The minimum atomic E-state index is -0.647. The molecule has 1 fully saturated rings. The smallest absolute Gasteiger partial charge is 0.254 e. The highest BCUT2D eigenvalue weighted by Gasteiger charge is 2.36. The fourth-order valence-electron chi connectivity index (χ4n) is 3.19. The van der Waals surface area contributed by atoms with Crippen LogP contribution < -0.4 is 14.4 Å². The van der Waals surface area contributed by atoms with E-state index in [0.717, 1.165) is 0 Å². The molecule has 1 saturated heterocycles. The average molecular weight is 423 g/mol. The number of piperazine rings is 1. The molecule has 0 radical (unpaired) electrons. The zero-order valence-corrected chi connectivity index (χ0v) is 17.3. The highest BCUT2D eigenvalue weighted by Crippen LogP contribution is 2.34. The van der Waals surface area contributed by atoms with Gasteiger partial charge in [-0.3, -0.25) is 9.59 Å². The van der Waals surface area contributed by atoms with Crippen molar-refractivity contribution in [2.75, 3.05) is 32.2 Å². The first-order valence-electron chi connectivity index (χ1n) is 8.66. The lowest BCUT2D eigenvalue weighted by atomic mass is 10.1. The van der Waals surface area contributed by atoms with Gasteiger partial charge in [-0.05, 0) is 37.3 Å². The number of anilines is 1. The minimum absolute atomic E-state index is 0.203. The van der Waals surface area contributed by atoms with Crippen molar-refractivity contribution in [1.29, 1.82) is 0 Å². The zero-order valence-electron chi connectivity index (χ0n) is 15.7. The minimum Gasteiger partial charge on any atom is -0.497 e. The van der Waals surface area contributed by atoms with Gasteiger partial charge in [-0.1, -0.05) is 23.2 Å². The van der Waals surface area contributed by atoms with Crippen LogP contribution in [0.2, 0.25) is 10.0 Å². The van der Waals surface area contributed by atoms with Crippen molar-refractivity contribution in [2.24, 2.45) is 0 Å². The van der Waals surface area contributed by atoms with E-state index < -0.39 is 6.04 Å². The summed E-state index contributed by atoms with van der Waals surface area (Å²) in [5, 5.41) is 0.670. The Labute approximate surface area is 173 Å². The summed E-state index contributed by atoms with van der Waals surface area (Å²) in [5.74, 6) is 0.707. The van der Waals surface area contributed by atoms with E-state index in [9.17, 15) is 9.59 Å². The van der Waals surface area contributed by atoms with E-state index in [0.29, 0.717) is 45.9 Å². The number of halogens is 2. The second-order valence-electron chi connectivity index (χ2n) is 6.33. The van der Waals surface area contributed by atoms with Crippen molar-refractivity contribution in [1.82, 2.24) is 4.90 Å². The van der Waals surface area contributed by atoms with Crippen molar-refractivity contribution in [3.05, 3.63) is 52.0 Å². The summed E-state index contributed by atoms with van der Waals surface area (Å²) < 4.78 is 10.7. The summed E-state index contributed by atoms with van der Waals surface area (Å²) in [6, 6.07) is 9.30. The van der Waals surface area contributed by atoms with Crippen molar-refractivity contribution in [2.45, 2.75) is 13.0 Å². The molecule has 0 N–H and O–H groups in total. The van der Waals surface area contributed by atoms with E-state index in [-0.39, 0.29) is 11.8 Å². The predicted molar refractivity (Wildman–Crippen MR) is 109 cm³/mol. The molecule has 1 aliphatic heterocycles. The lowest BCUT2D eigenvalue weighted by Crippen LogP contribution is -2.57. The van der Waals surface area contributed by atoms with E-state index in [1.807, 2.05) is 0 Å². The fourth-order valence-corrected chi connectivity index (χ4v) is 3.49. The van der Waals surface area contributed by atoms with Crippen LogP contribution in [0.3, 0.4) is 0 Å². The Morgan fingerprint density at radius 3 is 2.43 bits per heavy atom. The first kappa shape index (κ1) is 20.3. The normalized spacial score (nSPS) is 16.9. The van der Waals surface area contributed by atoms with Crippen LogP contribution in [0.4, 0.5) is 5.69 Å². The van der Waals surface area contributed by atoms with Gasteiger partial charge in [0.2, 0.25) is 5.91 Å². The van der Waals surface area contributed by atoms with Gasteiger partial charge in [0.05, 0.1) is 30.0 Å². The van der Waals surface area contributed by atoms with Crippen LogP contribution in [0.15, 0.2) is 36.4 Å². The molecule has 2 amide bonds. The molecule has 0 unspecified atom stereocenters. The van der Waals surface area contributed by atoms with Crippen molar-refractivity contribution in [3.63, 3.8) is 0 Å². The summed E-state index contributed by atoms with van der Waals surface area (Å²) >= 11 is 11.9. The van der Waals surface area contributed by atoms with Gasteiger partial charge >= 0.3 is 0 Å². The fraction of sp³-hybridized carbons (Fsp3) is 0.300. The lowest BCUT2D eigenvalue weighted by molar-refractivity contribution is -0.124. The number of hydrogen-bond acceptors (Lipinski definition) is 4. The van der Waals surface area contributed by atoms with Gasteiger partial charge < -0.3 is 19.3 Å². The van der Waals surface area contributed by atoms with Crippen molar-refractivity contribution < 1.29 is 19.1 Å². The Bertz CT molecular complexity index is 919. The summed E-state index contributed by atoms with van der Waals surface area (Å²) in [6.07, 6.45) is 0. The summed E-state index contributed by atoms with van der Waals surface area (Å²) in [5.41, 5.74) is 1.00. The maximum Gasteiger partial charge on any atom is 0.254 e. The summed E-state index contributed by atoms with van der Waals surface area (Å²) in [7, 11) is 3.10. The standard InChI is InChI=1S/C20H20Cl2N2O4/c1-12-19(25)24(17-11-14(27-2)5-7-18(17)28-3)9-8-23(12)20(26)13-4-6-15(21)16(22)10-13/h4-7,10-12H,8-9H2,1-3H3/t12-/m1/s1. The van der Waals surface area contributed by atoms with Gasteiger partial charge in [-0.25, -0.2) is 0 Å². The van der Waals surface area contributed by atoms with E-state index in [2.05, 4.69) is 0 Å². The number of benzene rings is 2. The second kappa shape index (κ2) is 8.29. The molecule has 8 heteroatoms. The number of methoxy groups -OCH3 is 2. The Morgan fingerprint density at radius 1 is 1.04 bits per heavy atom. The number of carbonyl (C=O) groups excluding carboxylic acids is 2. The first-order valence-corrected chi connectivity index (χ1v) is 9.42. The average Bonchev–Trinajstić information content (AvgIpc) is 2.71. The molecule has 0 saturated carbocycles. The molecule has 148 valence electrons. The molecule has 2 aromatic carbocycles. The van der Waals surface area contributed by atoms with Gasteiger partial charge in [0.1, 0.15) is 17.5 Å². The molecule has 28 heavy (non-hydrogen) atoms. The largest absolute Gasteiger partial charge is 0.497 e. The SMILES string of the molecule is COc1ccc(OC)c(N2CCN(C(=O)c3ccc(Cl)c(Cl)c3)[C@H](C)C2=O)c1. The van der Waals surface area contributed by atoms with E-state index >= 15 is 0 Å². The van der Waals surface area contributed by atoms with Crippen LogP contribution in [0.1, 0.15) is 17.3 Å². The van der Waals surface area contributed by atoms with Crippen molar-refractivity contribution in [3.8, 4) is 11.5 Å². The molecular formula is C20H20Cl2N2O4. The highest BCUT2D eigenvalue weighted by molar-refractivity contribution is 6.42. The maximum atomic E-state index is 13.0.